The fraction of sp³-hybridized carbons (Fsp3) is 0.615. The number of carboxylic acids is 1. The lowest BCUT2D eigenvalue weighted by molar-refractivity contribution is 0.0690. The lowest BCUT2D eigenvalue weighted by atomic mass is 10.1. The smallest absolute Gasteiger partial charge is 0.358 e. The Hall–Kier alpha value is -2.09. The number of imidazole rings is 1. The van der Waals surface area contributed by atoms with E-state index < -0.39 is 5.97 Å². The number of unbranched alkanes of at least 4 members (excludes halogenated alkanes) is 1. The maximum Gasteiger partial charge on any atom is 0.358 e. The highest BCUT2D eigenvalue weighted by molar-refractivity contribution is 5.95. The van der Waals surface area contributed by atoms with Crippen LogP contribution in [0.15, 0.2) is 6.33 Å². The van der Waals surface area contributed by atoms with Crippen molar-refractivity contribution in [2.75, 3.05) is 12.1 Å². The molecule has 1 aromatic heterocycles. The van der Waals surface area contributed by atoms with Crippen LogP contribution in [0, 0.1) is 0 Å². The Kier molecular flexibility index (Phi) is 4.46. The Labute approximate surface area is 123 Å². The zero-order valence-corrected chi connectivity index (χ0v) is 12.5. The van der Waals surface area contributed by atoms with Gasteiger partial charge in [0.15, 0.2) is 11.5 Å². The van der Waals surface area contributed by atoms with E-state index in [-0.39, 0.29) is 17.8 Å². The van der Waals surface area contributed by atoms with Gasteiger partial charge in [0.2, 0.25) is 0 Å². The molecule has 2 N–H and O–H groups in total. The van der Waals surface area contributed by atoms with Gasteiger partial charge in [-0.1, -0.05) is 26.7 Å². The van der Waals surface area contributed by atoms with Gasteiger partial charge in [-0.15, -0.1) is 5.53 Å². The minimum absolute atomic E-state index is 0.0917. The lowest BCUT2D eigenvalue weighted by Crippen LogP contribution is -2.60. The third kappa shape index (κ3) is 2.71. The second kappa shape index (κ2) is 6.13. The van der Waals surface area contributed by atoms with E-state index in [1.165, 1.54) is 15.9 Å². The van der Waals surface area contributed by atoms with Crippen molar-refractivity contribution in [2.45, 2.75) is 45.6 Å². The molecule has 1 aromatic rings. The summed E-state index contributed by atoms with van der Waals surface area (Å²) in [6, 6.07) is -0.263. The minimum Gasteiger partial charge on any atom is -0.476 e. The Morgan fingerprint density at radius 2 is 2.19 bits per heavy atom. The molecule has 1 unspecified atom stereocenters. The van der Waals surface area contributed by atoms with Gasteiger partial charge in [-0.05, 0) is 12.8 Å². The first kappa shape index (κ1) is 15.3. The van der Waals surface area contributed by atoms with Crippen molar-refractivity contribution in [1.29, 1.82) is 0 Å². The molecule has 8 heteroatoms. The maximum absolute atomic E-state index is 12.1. The van der Waals surface area contributed by atoms with E-state index in [4.69, 9.17) is 0 Å². The summed E-state index contributed by atoms with van der Waals surface area (Å²) >= 11 is 0. The molecule has 2 heterocycles. The molecule has 0 bridgehead atoms. The number of carboxylic acid groups (broad SMARTS) is 1. The number of aromatic carboxylic acids is 1. The van der Waals surface area contributed by atoms with Crippen LogP contribution in [0.25, 0.3) is 0 Å². The van der Waals surface area contributed by atoms with E-state index >= 15 is 0 Å². The van der Waals surface area contributed by atoms with Gasteiger partial charge in [0.1, 0.15) is 6.33 Å². The Bertz CT molecular complexity index is 542. The largest absolute Gasteiger partial charge is 0.476 e. The number of hydrogen-bond donors (Lipinski definition) is 2. The van der Waals surface area contributed by atoms with Crippen LogP contribution in [0.5, 0.6) is 0 Å². The van der Waals surface area contributed by atoms with Gasteiger partial charge in [0.25, 0.3) is 0 Å². The van der Waals surface area contributed by atoms with Crippen LogP contribution >= 0.6 is 0 Å². The Morgan fingerprint density at radius 1 is 1.48 bits per heavy atom. The van der Waals surface area contributed by atoms with Crippen molar-refractivity contribution in [3.05, 3.63) is 12.0 Å². The summed E-state index contributed by atoms with van der Waals surface area (Å²) in [4.78, 5) is 27.3. The number of carbonyl (C=O) groups excluding carboxylic acids is 1. The number of aromatic nitrogens is 2. The van der Waals surface area contributed by atoms with Crippen molar-refractivity contribution >= 4 is 17.8 Å². The van der Waals surface area contributed by atoms with Gasteiger partial charge in [0.05, 0.1) is 0 Å². The van der Waals surface area contributed by atoms with Gasteiger partial charge in [-0.25, -0.2) is 24.1 Å². The highest BCUT2D eigenvalue weighted by atomic mass is 16.4. The second-order valence-corrected chi connectivity index (χ2v) is 5.11. The van der Waals surface area contributed by atoms with Gasteiger partial charge in [0, 0.05) is 13.1 Å². The van der Waals surface area contributed by atoms with Crippen LogP contribution in [-0.4, -0.2) is 44.8 Å². The number of fused-ring (bicyclic) bond motifs is 1. The second-order valence-electron chi connectivity index (χ2n) is 5.11. The first-order chi connectivity index (χ1) is 10.0. The molecule has 1 atom stereocenters. The van der Waals surface area contributed by atoms with Crippen molar-refractivity contribution in [1.82, 2.24) is 20.1 Å². The average molecular weight is 295 g/mol. The molecule has 0 aromatic carbocycles. The molecule has 0 radical (unpaired) electrons. The fourth-order valence-electron chi connectivity index (χ4n) is 2.49. The van der Waals surface area contributed by atoms with Crippen LogP contribution in [0.4, 0.5) is 10.6 Å². The maximum atomic E-state index is 12.1. The Morgan fingerprint density at radius 3 is 2.76 bits per heavy atom. The summed E-state index contributed by atoms with van der Waals surface area (Å²) in [6.07, 6.45) is 5.10. The molecule has 116 valence electrons. The molecule has 0 spiro atoms. The summed E-state index contributed by atoms with van der Waals surface area (Å²) in [5, 5.41) is 12.3. The standard InChI is InChI=1S/C13H21N5O3/c1-4-6-7-9(5-2)18-11-10(12(19)20)14-8-17(11)13(21)16(3)15-18/h8-9,15H,4-7H2,1-3H3,(H,19,20). The lowest BCUT2D eigenvalue weighted by Gasteiger charge is -2.40. The minimum atomic E-state index is -1.14. The zero-order chi connectivity index (χ0) is 15.6. The van der Waals surface area contributed by atoms with E-state index in [2.05, 4.69) is 17.4 Å². The van der Waals surface area contributed by atoms with Crippen LogP contribution < -0.4 is 10.5 Å². The van der Waals surface area contributed by atoms with Crippen LogP contribution in [-0.2, 0) is 0 Å². The van der Waals surface area contributed by atoms with Gasteiger partial charge in [-0.2, -0.15) is 0 Å². The average Bonchev–Trinajstić information content (AvgIpc) is 2.90. The quantitative estimate of drug-likeness (QED) is 0.830. The molecule has 21 heavy (non-hydrogen) atoms. The summed E-state index contributed by atoms with van der Waals surface area (Å²) in [7, 11) is 1.60. The molecule has 0 fully saturated rings. The van der Waals surface area contributed by atoms with Crippen LogP contribution in [0.2, 0.25) is 0 Å². The van der Waals surface area contributed by atoms with E-state index in [0.29, 0.717) is 5.82 Å². The molecule has 8 nitrogen and oxygen atoms in total. The summed E-state index contributed by atoms with van der Waals surface area (Å²) < 4.78 is 1.27. The first-order valence-electron chi connectivity index (χ1n) is 7.15. The summed E-state index contributed by atoms with van der Waals surface area (Å²) in [5.41, 5.74) is 2.84. The van der Waals surface area contributed by atoms with E-state index in [9.17, 15) is 14.7 Å². The number of hydrazine groups is 2. The molecule has 1 aliphatic heterocycles. The highest BCUT2D eigenvalue weighted by Gasteiger charge is 2.35. The molecular formula is C13H21N5O3. The Balaban J connectivity index is 2.43. The number of rotatable bonds is 6. The van der Waals surface area contributed by atoms with Crippen molar-refractivity contribution in [2.24, 2.45) is 0 Å². The third-order valence-corrected chi connectivity index (χ3v) is 3.65. The third-order valence-electron chi connectivity index (χ3n) is 3.65. The number of hydrogen-bond acceptors (Lipinski definition) is 5. The monoisotopic (exact) mass is 295 g/mol. The van der Waals surface area contributed by atoms with Crippen LogP contribution in [0.3, 0.4) is 0 Å². The number of nitrogens with one attached hydrogen (secondary N) is 1. The zero-order valence-electron chi connectivity index (χ0n) is 12.5. The predicted octanol–water partition coefficient (Wildman–Crippen LogP) is 1.69. The predicted molar refractivity (Wildman–Crippen MR) is 77.0 cm³/mol. The topological polar surface area (TPSA) is 90.7 Å². The highest BCUT2D eigenvalue weighted by Crippen LogP contribution is 2.27. The number of nitrogens with zero attached hydrogens (tertiary/aromatic N) is 4. The molecule has 1 amide bonds. The van der Waals surface area contributed by atoms with Crippen LogP contribution in [0.1, 0.15) is 50.0 Å². The van der Waals surface area contributed by atoms with E-state index in [1.54, 1.807) is 12.1 Å². The molecule has 2 rings (SSSR count). The molecule has 0 aliphatic carbocycles. The molecule has 0 saturated carbocycles. The van der Waals surface area contributed by atoms with Gasteiger partial charge < -0.3 is 5.11 Å². The van der Waals surface area contributed by atoms with Crippen molar-refractivity contribution in [3.63, 3.8) is 0 Å². The van der Waals surface area contributed by atoms with Gasteiger partial charge in [-0.3, -0.25) is 5.01 Å². The van der Waals surface area contributed by atoms with Crippen molar-refractivity contribution in [3.8, 4) is 0 Å². The summed E-state index contributed by atoms with van der Waals surface area (Å²) in [5.74, 6) is -0.841. The normalized spacial score (nSPS) is 16.0. The SMILES string of the molecule is CCCCC(CC)N1NN(C)C(=O)n2cnc(C(=O)O)c21. The van der Waals surface area contributed by atoms with Gasteiger partial charge >= 0.3 is 12.0 Å². The van der Waals surface area contributed by atoms with E-state index in [0.717, 1.165) is 25.7 Å². The number of amides is 1. The molecule has 1 aliphatic rings. The van der Waals surface area contributed by atoms with E-state index in [1.807, 2.05) is 6.92 Å². The molecule has 0 saturated heterocycles. The first-order valence-corrected chi connectivity index (χ1v) is 7.15. The summed E-state index contributed by atoms with van der Waals surface area (Å²) in [6.45, 7) is 4.15. The molecular weight excluding hydrogens is 274 g/mol. The van der Waals surface area contributed by atoms with Crippen molar-refractivity contribution < 1.29 is 14.7 Å². The number of carbonyl (C=O) groups is 2. The fourth-order valence-corrected chi connectivity index (χ4v) is 2.49. The number of anilines is 1.